The first kappa shape index (κ1) is 15.8. The molecule has 4 heteroatoms. The first-order valence-corrected chi connectivity index (χ1v) is 7.72. The van der Waals surface area contributed by atoms with Gasteiger partial charge < -0.3 is 14.5 Å². The van der Waals surface area contributed by atoms with Crippen molar-refractivity contribution in [2.45, 2.75) is 31.7 Å². The molecule has 1 unspecified atom stereocenters. The van der Waals surface area contributed by atoms with Crippen LogP contribution < -0.4 is 4.90 Å². The van der Waals surface area contributed by atoms with Crippen LogP contribution in [0, 0.1) is 0 Å². The van der Waals surface area contributed by atoms with Crippen LogP contribution in [0.3, 0.4) is 0 Å². The average molecular weight is 290 g/mol. The molecule has 1 aromatic carbocycles. The van der Waals surface area contributed by atoms with Crippen LogP contribution in [0.15, 0.2) is 24.3 Å². The molecule has 0 amide bonds. The van der Waals surface area contributed by atoms with Gasteiger partial charge in [-0.25, -0.2) is 4.79 Å². The normalized spacial score (nSPS) is 19.3. The van der Waals surface area contributed by atoms with Gasteiger partial charge in [-0.1, -0.05) is 18.6 Å². The maximum Gasteiger partial charge on any atom is 0.339 e. The first-order valence-electron chi connectivity index (χ1n) is 7.72. The number of carbonyl (C=O) groups is 1. The van der Waals surface area contributed by atoms with Crippen molar-refractivity contribution >= 4 is 11.7 Å². The highest BCUT2D eigenvalue weighted by Crippen LogP contribution is 2.22. The minimum Gasteiger partial charge on any atom is -0.465 e. The van der Waals surface area contributed by atoms with E-state index >= 15 is 0 Å². The molecular weight excluding hydrogens is 264 g/mol. The highest BCUT2D eigenvalue weighted by atomic mass is 16.5. The van der Waals surface area contributed by atoms with Crippen molar-refractivity contribution in [1.29, 1.82) is 0 Å². The zero-order chi connectivity index (χ0) is 15.2. The number of hydrogen-bond donors (Lipinski definition) is 0. The van der Waals surface area contributed by atoms with Crippen molar-refractivity contribution in [2.24, 2.45) is 0 Å². The number of carbonyl (C=O) groups excluding carboxylic acids is 1. The Hall–Kier alpha value is -1.55. The van der Waals surface area contributed by atoms with E-state index in [0.717, 1.165) is 18.7 Å². The first-order chi connectivity index (χ1) is 10.1. The van der Waals surface area contributed by atoms with Crippen LogP contribution >= 0.6 is 0 Å². The molecule has 1 aromatic rings. The summed E-state index contributed by atoms with van der Waals surface area (Å²) >= 11 is 0. The number of ether oxygens (including phenoxy) is 1. The van der Waals surface area contributed by atoms with E-state index in [0.29, 0.717) is 11.6 Å². The van der Waals surface area contributed by atoms with Crippen molar-refractivity contribution in [2.75, 3.05) is 39.2 Å². The van der Waals surface area contributed by atoms with Crippen LogP contribution in [0.4, 0.5) is 5.69 Å². The third kappa shape index (κ3) is 3.97. The van der Waals surface area contributed by atoms with Crippen LogP contribution in [-0.2, 0) is 4.74 Å². The molecule has 0 saturated carbocycles. The predicted molar refractivity (Wildman–Crippen MR) is 85.9 cm³/mol. The molecule has 21 heavy (non-hydrogen) atoms. The van der Waals surface area contributed by atoms with Crippen LogP contribution in [0.2, 0.25) is 0 Å². The fourth-order valence-electron chi connectivity index (χ4n) is 3.06. The molecule has 4 nitrogen and oxygen atoms in total. The lowest BCUT2D eigenvalue weighted by Crippen LogP contribution is -2.38. The number of piperidine rings is 1. The summed E-state index contributed by atoms with van der Waals surface area (Å²) in [5.41, 5.74) is 1.59. The fraction of sp³-hybridized carbons (Fsp3) is 0.588. The number of anilines is 1. The number of likely N-dealkylation sites (tertiary alicyclic amines) is 1. The molecule has 0 N–H and O–H groups in total. The second kappa shape index (κ2) is 7.46. The Morgan fingerprint density at radius 2 is 2.14 bits per heavy atom. The van der Waals surface area contributed by atoms with E-state index in [2.05, 4.69) is 16.8 Å². The predicted octanol–water partition coefficient (Wildman–Crippen LogP) is 2.78. The third-order valence-electron chi connectivity index (χ3n) is 4.44. The smallest absolute Gasteiger partial charge is 0.339 e. The lowest BCUT2D eigenvalue weighted by Gasteiger charge is -2.34. The average Bonchev–Trinajstić information content (AvgIpc) is 2.53. The molecule has 0 spiro atoms. The molecule has 0 bridgehead atoms. The number of nitrogens with zero attached hydrogens (tertiary/aromatic N) is 2. The van der Waals surface area contributed by atoms with Crippen LogP contribution in [0.25, 0.3) is 0 Å². The van der Waals surface area contributed by atoms with Crippen molar-refractivity contribution in [3.8, 4) is 0 Å². The van der Waals surface area contributed by atoms with E-state index < -0.39 is 0 Å². The van der Waals surface area contributed by atoms with Crippen LogP contribution in [0.5, 0.6) is 0 Å². The second-order valence-corrected chi connectivity index (χ2v) is 5.85. The molecule has 1 aliphatic heterocycles. The van der Waals surface area contributed by atoms with E-state index in [-0.39, 0.29) is 5.97 Å². The van der Waals surface area contributed by atoms with E-state index in [9.17, 15) is 4.79 Å². The summed E-state index contributed by atoms with van der Waals surface area (Å²) in [6.45, 7) is 2.15. The quantitative estimate of drug-likeness (QED) is 0.781. The Labute approximate surface area is 127 Å². The lowest BCUT2D eigenvalue weighted by molar-refractivity contribution is 0.0601. The van der Waals surface area contributed by atoms with Gasteiger partial charge in [-0.15, -0.1) is 0 Å². The minimum atomic E-state index is -0.271. The topological polar surface area (TPSA) is 32.8 Å². The van der Waals surface area contributed by atoms with E-state index in [1.54, 1.807) is 0 Å². The van der Waals surface area contributed by atoms with Gasteiger partial charge in [-0.05, 0) is 45.0 Å². The lowest BCUT2D eigenvalue weighted by atomic mass is 10.00. The number of para-hydroxylation sites is 1. The molecule has 0 radical (unpaired) electrons. The summed E-state index contributed by atoms with van der Waals surface area (Å²) in [5, 5.41) is 0. The maximum absolute atomic E-state index is 11.8. The molecule has 1 fully saturated rings. The van der Waals surface area contributed by atoms with E-state index in [1.807, 2.05) is 31.3 Å². The van der Waals surface area contributed by atoms with Crippen molar-refractivity contribution in [3.05, 3.63) is 29.8 Å². The molecular formula is C17H26N2O2. The zero-order valence-electron chi connectivity index (χ0n) is 13.3. The van der Waals surface area contributed by atoms with Gasteiger partial charge >= 0.3 is 5.97 Å². The molecule has 1 saturated heterocycles. The number of hydrogen-bond acceptors (Lipinski definition) is 4. The van der Waals surface area contributed by atoms with Gasteiger partial charge in [0.25, 0.3) is 0 Å². The monoisotopic (exact) mass is 290 g/mol. The number of methoxy groups -OCH3 is 1. The molecule has 0 aliphatic carbocycles. The Bertz CT molecular complexity index is 476. The van der Waals surface area contributed by atoms with Gasteiger partial charge in [-0.3, -0.25) is 0 Å². The van der Waals surface area contributed by atoms with Crippen LogP contribution in [0.1, 0.15) is 36.0 Å². The Balaban J connectivity index is 2.00. The van der Waals surface area contributed by atoms with Crippen molar-refractivity contribution < 1.29 is 9.53 Å². The molecule has 1 atom stereocenters. The van der Waals surface area contributed by atoms with E-state index in [1.165, 1.54) is 32.9 Å². The third-order valence-corrected chi connectivity index (χ3v) is 4.44. The Kier molecular flexibility index (Phi) is 5.62. The van der Waals surface area contributed by atoms with Gasteiger partial charge in [0, 0.05) is 19.6 Å². The Morgan fingerprint density at radius 1 is 1.38 bits per heavy atom. The summed E-state index contributed by atoms with van der Waals surface area (Å²) in [5.74, 6) is -0.271. The van der Waals surface area contributed by atoms with Gasteiger partial charge in [0.1, 0.15) is 0 Å². The zero-order valence-corrected chi connectivity index (χ0v) is 13.3. The SMILES string of the molecule is COC(=O)c1ccccc1N(C)CCC1CCCCN1C. The van der Waals surface area contributed by atoms with Crippen molar-refractivity contribution in [1.82, 2.24) is 4.90 Å². The molecule has 1 heterocycles. The summed E-state index contributed by atoms with van der Waals surface area (Å²) in [6, 6.07) is 8.30. The fourth-order valence-corrected chi connectivity index (χ4v) is 3.06. The van der Waals surface area contributed by atoms with Crippen LogP contribution in [-0.4, -0.2) is 51.2 Å². The van der Waals surface area contributed by atoms with Gasteiger partial charge in [-0.2, -0.15) is 0 Å². The van der Waals surface area contributed by atoms with Gasteiger partial charge in [0.15, 0.2) is 0 Å². The highest BCUT2D eigenvalue weighted by Gasteiger charge is 2.20. The summed E-state index contributed by atoms with van der Waals surface area (Å²) in [6.07, 6.45) is 5.05. The molecule has 2 rings (SSSR count). The van der Waals surface area contributed by atoms with E-state index in [4.69, 9.17) is 4.74 Å². The Morgan fingerprint density at radius 3 is 2.86 bits per heavy atom. The largest absolute Gasteiger partial charge is 0.465 e. The molecule has 1 aliphatic rings. The minimum absolute atomic E-state index is 0.271. The second-order valence-electron chi connectivity index (χ2n) is 5.85. The molecule has 116 valence electrons. The van der Waals surface area contributed by atoms with Gasteiger partial charge in [0.2, 0.25) is 0 Å². The summed E-state index contributed by atoms with van der Waals surface area (Å²) in [4.78, 5) is 16.5. The van der Waals surface area contributed by atoms with Gasteiger partial charge in [0.05, 0.1) is 18.4 Å². The summed E-state index contributed by atoms with van der Waals surface area (Å²) in [7, 11) is 5.69. The standard InChI is InChI=1S/C17H26N2O2/c1-18-12-7-6-8-14(18)11-13-19(2)16-10-5-4-9-15(16)17(20)21-3/h4-5,9-10,14H,6-8,11-13H2,1-3H3. The van der Waals surface area contributed by atoms with Crippen molar-refractivity contribution in [3.63, 3.8) is 0 Å². The summed E-state index contributed by atoms with van der Waals surface area (Å²) < 4.78 is 4.86. The molecule has 0 aromatic heterocycles. The number of esters is 1. The maximum atomic E-state index is 11.8. The number of benzene rings is 1. The highest BCUT2D eigenvalue weighted by molar-refractivity contribution is 5.95. The number of rotatable bonds is 5.